The molecule has 1 saturated heterocycles. The van der Waals surface area contributed by atoms with E-state index in [1.54, 1.807) is 7.11 Å². The molecule has 1 fully saturated rings. The molecule has 0 aliphatic carbocycles. The first-order chi connectivity index (χ1) is 11.3. The lowest BCUT2D eigenvalue weighted by atomic mass is 9.89. The number of aliphatic hydroxyl groups is 2. The molecule has 5 heteroatoms. The molecule has 24 heavy (non-hydrogen) atoms. The average Bonchev–Trinajstić information content (AvgIpc) is 2.55. The van der Waals surface area contributed by atoms with E-state index in [9.17, 15) is 10.2 Å². The van der Waals surface area contributed by atoms with Crippen LogP contribution in [0.2, 0.25) is 0 Å². The first-order valence-corrected chi connectivity index (χ1v) is 8.74. The van der Waals surface area contributed by atoms with Gasteiger partial charge in [0.25, 0.3) is 0 Å². The van der Waals surface area contributed by atoms with E-state index in [2.05, 4.69) is 30.6 Å². The molecule has 0 saturated carbocycles. The summed E-state index contributed by atoms with van der Waals surface area (Å²) in [6.07, 6.45) is -0.795. The first kappa shape index (κ1) is 19.2. The number of piperazine rings is 1. The van der Waals surface area contributed by atoms with E-state index in [0.717, 1.165) is 44.0 Å². The third kappa shape index (κ3) is 5.45. The molecule has 1 heterocycles. The van der Waals surface area contributed by atoms with Crippen molar-refractivity contribution < 1.29 is 14.9 Å². The van der Waals surface area contributed by atoms with Gasteiger partial charge in [0.2, 0.25) is 0 Å². The fraction of sp³-hybridized carbons (Fsp3) is 0.684. The molecule has 1 aliphatic heterocycles. The second-order valence-electron chi connectivity index (χ2n) is 7.77. The van der Waals surface area contributed by atoms with Gasteiger partial charge in [-0.05, 0) is 23.1 Å². The van der Waals surface area contributed by atoms with E-state index in [0.29, 0.717) is 6.54 Å². The SMILES string of the molecule is COc1ccc([C@H](O)CN2CCN(C[C@H](O)C(C)(C)C)CC2)cc1. The number of ether oxygens (including phenoxy) is 1. The lowest BCUT2D eigenvalue weighted by Crippen LogP contribution is -2.50. The Balaban J connectivity index is 1.77. The molecule has 0 amide bonds. The number of hydrogen-bond donors (Lipinski definition) is 2. The van der Waals surface area contributed by atoms with Crippen LogP contribution in [0.15, 0.2) is 24.3 Å². The van der Waals surface area contributed by atoms with Gasteiger partial charge in [0, 0.05) is 39.3 Å². The zero-order valence-corrected chi connectivity index (χ0v) is 15.4. The van der Waals surface area contributed by atoms with E-state index in [1.165, 1.54) is 0 Å². The van der Waals surface area contributed by atoms with Gasteiger partial charge in [0.05, 0.1) is 19.3 Å². The summed E-state index contributed by atoms with van der Waals surface area (Å²) in [5, 5.41) is 20.7. The molecule has 0 bridgehead atoms. The molecule has 1 aromatic carbocycles. The van der Waals surface area contributed by atoms with Crippen LogP contribution in [0, 0.1) is 5.41 Å². The number of nitrogens with zero attached hydrogens (tertiary/aromatic N) is 2. The van der Waals surface area contributed by atoms with Crippen LogP contribution in [0.25, 0.3) is 0 Å². The van der Waals surface area contributed by atoms with Crippen LogP contribution in [0.1, 0.15) is 32.4 Å². The predicted molar refractivity (Wildman–Crippen MR) is 96.3 cm³/mol. The van der Waals surface area contributed by atoms with Gasteiger partial charge in [-0.2, -0.15) is 0 Å². The van der Waals surface area contributed by atoms with Crippen LogP contribution < -0.4 is 4.74 Å². The number of hydrogen-bond acceptors (Lipinski definition) is 5. The second kappa shape index (κ2) is 8.30. The minimum atomic E-state index is -0.484. The highest BCUT2D eigenvalue weighted by Crippen LogP contribution is 2.21. The lowest BCUT2D eigenvalue weighted by Gasteiger charge is -2.38. The Morgan fingerprint density at radius 1 is 0.958 bits per heavy atom. The summed E-state index contributed by atoms with van der Waals surface area (Å²) in [6.45, 7) is 11.3. The zero-order chi connectivity index (χ0) is 17.7. The molecule has 5 nitrogen and oxygen atoms in total. The normalized spacial score (nSPS) is 19.9. The first-order valence-electron chi connectivity index (χ1n) is 8.74. The van der Waals surface area contributed by atoms with E-state index >= 15 is 0 Å². The molecule has 0 unspecified atom stereocenters. The van der Waals surface area contributed by atoms with Crippen LogP contribution in [0.3, 0.4) is 0 Å². The highest BCUT2D eigenvalue weighted by Gasteiger charge is 2.27. The molecule has 136 valence electrons. The standard InChI is InChI=1S/C19H32N2O3/c1-19(2,3)18(23)14-21-11-9-20(10-12-21)13-17(22)15-5-7-16(24-4)8-6-15/h5-8,17-18,22-23H,9-14H2,1-4H3/t17-,18+/m1/s1. The predicted octanol–water partition coefficient (Wildman–Crippen LogP) is 1.75. The van der Waals surface area contributed by atoms with Gasteiger partial charge in [-0.1, -0.05) is 32.9 Å². The summed E-state index contributed by atoms with van der Waals surface area (Å²) in [6, 6.07) is 7.59. The highest BCUT2D eigenvalue weighted by atomic mass is 16.5. The molecule has 0 radical (unpaired) electrons. The molecule has 0 spiro atoms. The van der Waals surface area contributed by atoms with Gasteiger partial charge in [-0.3, -0.25) is 9.80 Å². The lowest BCUT2D eigenvalue weighted by molar-refractivity contribution is 0.00718. The van der Waals surface area contributed by atoms with Crippen molar-refractivity contribution in [2.75, 3.05) is 46.4 Å². The largest absolute Gasteiger partial charge is 0.497 e. The van der Waals surface area contributed by atoms with E-state index in [4.69, 9.17) is 4.74 Å². The Morgan fingerprint density at radius 2 is 1.46 bits per heavy atom. The van der Waals surface area contributed by atoms with Crippen LogP contribution in [0.5, 0.6) is 5.75 Å². The Morgan fingerprint density at radius 3 is 1.92 bits per heavy atom. The number of rotatable bonds is 6. The molecule has 1 aliphatic rings. The Hall–Kier alpha value is -1.14. The van der Waals surface area contributed by atoms with Gasteiger partial charge < -0.3 is 14.9 Å². The summed E-state index contributed by atoms with van der Waals surface area (Å²) in [4.78, 5) is 4.60. The quantitative estimate of drug-likeness (QED) is 0.829. The maximum absolute atomic E-state index is 10.4. The Kier molecular flexibility index (Phi) is 6.63. The Labute approximate surface area is 145 Å². The summed E-state index contributed by atoms with van der Waals surface area (Å²) in [5.74, 6) is 0.803. The molecule has 2 atom stereocenters. The van der Waals surface area contributed by atoms with Crippen molar-refractivity contribution in [3.8, 4) is 5.75 Å². The molecule has 2 N–H and O–H groups in total. The third-order valence-electron chi connectivity index (χ3n) is 4.83. The summed E-state index contributed by atoms with van der Waals surface area (Å²) < 4.78 is 5.15. The van der Waals surface area contributed by atoms with Crippen molar-refractivity contribution in [3.05, 3.63) is 29.8 Å². The molecule has 2 rings (SSSR count). The van der Waals surface area contributed by atoms with Gasteiger partial charge in [-0.25, -0.2) is 0 Å². The number of aliphatic hydroxyl groups excluding tert-OH is 2. The highest BCUT2D eigenvalue weighted by molar-refractivity contribution is 5.28. The fourth-order valence-electron chi connectivity index (χ4n) is 2.85. The van der Waals surface area contributed by atoms with E-state index in [1.807, 2.05) is 24.3 Å². The number of β-amino-alcohol motifs (C(OH)–C–C–N with tert-alkyl or cyclic N) is 2. The molecular formula is C19H32N2O3. The minimum absolute atomic E-state index is 0.0817. The number of benzene rings is 1. The maximum atomic E-state index is 10.4. The van der Waals surface area contributed by atoms with Crippen molar-refractivity contribution >= 4 is 0 Å². The van der Waals surface area contributed by atoms with Crippen molar-refractivity contribution in [2.45, 2.75) is 33.0 Å². The van der Waals surface area contributed by atoms with Crippen LogP contribution >= 0.6 is 0 Å². The second-order valence-corrected chi connectivity index (χ2v) is 7.77. The fourth-order valence-corrected chi connectivity index (χ4v) is 2.85. The molecule has 0 aromatic heterocycles. The summed E-state index contributed by atoms with van der Waals surface area (Å²) in [5.41, 5.74) is 0.836. The van der Waals surface area contributed by atoms with Crippen LogP contribution in [0.4, 0.5) is 0 Å². The van der Waals surface area contributed by atoms with Crippen molar-refractivity contribution in [1.82, 2.24) is 9.80 Å². The van der Waals surface area contributed by atoms with E-state index in [-0.39, 0.29) is 11.5 Å². The monoisotopic (exact) mass is 336 g/mol. The maximum Gasteiger partial charge on any atom is 0.118 e. The van der Waals surface area contributed by atoms with Crippen LogP contribution in [-0.4, -0.2) is 72.5 Å². The van der Waals surface area contributed by atoms with Crippen molar-refractivity contribution in [2.24, 2.45) is 5.41 Å². The topological polar surface area (TPSA) is 56.2 Å². The van der Waals surface area contributed by atoms with Crippen LogP contribution in [-0.2, 0) is 0 Å². The van der Waals surface area contributed by atoms with Crippen molar-refractivity contribution in [3.63, 3.8) is 0 Å². The summed E-state index contributed by atoms with van der Waals surface area (Å²) >= 11 is 0. The van der Waals surface area contributed by atoms with Gasteiger partial charge >= 0.3 is 0 Å². The smallest absolute Gasteiger partial charge is 0.118 e. The summed E-state index contributed by atoms with van der Waals surface area (Å²) in [7, 11) is 1.64. The minimum Gasteiger partial charge on any atom is -0.497 e. The molecule has 1 aromatic rings. The van der Waals surface area contributed by atoms with Gasteiger partial charge in [-0.15, -0.1) is 0 Å². The number of methoxy groups -OCH3 is 1. The Bertz CT molecular complexity index is 490. The van der Waals surface area contributed by atoms with Crippen molar-refractivity contribution in [1.29, 1.82) is 0 Å². The third-order valence-corrected chi connectivity index (χ3v) is 4.83. The van der Waals surface area contributed by atoms with Gasteiger partial charge in [0.15, 0.2) is 0 Å². The average molecular weight is 336 g/mol. The zero-order valence-electron chi connectivity index (χ0n) is 15.4. The molecular weight excluding hydrogens is 304 g/mol. The van der Waals surface area contributed by atoms with Gasteiger partial charge in [0.1, 0.15) is 5.75 Å². The van der Waals surface area contributed by atoms with E-state index < -0.39 is 6.10 Å².